The Morgan fingerprint density at radius 3 is 2.61 bits per heavy atom. The van der Waals surface area contributed by atoms with E-state index in [1.165, 1.54) is 6.07 Å². The Morgan fingerprint density at radius 2 is 1.83 bits per heavy atom. The number of benzene rings is 2. The summed E-state index contributed by atoms with van der Waals surface area (Å²) < 4.78 is 19.4. The maximum Gasteiger partial charge on any atom is 0.230 e. The summed E-state index contributed by atoms with van der Waals surface area (Å²) in [5.74, 6) is 0.00947. The van der Waals surface area contributed by atoms with Crippen LogP contribution in [-0.2, 0) is 0 Å². The monoisotopic (exact) mass is 241 g/mol. The molecule has 0 aliphatic carbocycles. The summed E-state index contributed by atoms with van der Waals surface area (Å²) in [7, 11) is 0. The van der Waals surface area contributed by atoms with Gasteiger partial charge in [-0.1, -0.05) is 18.2 Å². The van der Waals surface area contributed by atoms with E-state index in [4.69, 9.17) is 4.42 Å². The zero-order valence-corrected chi connectivity index (χ0v) is 10.2. The van der Waals surface area contributed by atoms with E-state index >= 15 is 0 Å². The number of nitrogens with zero attached hydrogens (tertiary/aromatic N) is 1. The fraction of sp³-hybridized carbons (Fsp3) is 0.133. The van der Waals surface area contributed by atoms with Crippen LogP contribution in [0.2, 0.25) is 0 Å². The number of aromatic nitrogens is 1. The van der Waals surface area contributed by atoms with E-state index in [1.807, 2.05) is 26.0 Å². The molecule has 0 bridgehead atoms. The van der Waals surface area contributed by atoms with Crippen LogP contribution in [0, 0.1) is 19.7 Å². The van der Waals surface area contributed by atoms with E-state index in [-0.39, 0.29) is 5.82 Å². The first-order valence-corrected chi connectivity index (χ1v) is 5.78. The minimum absolute atomic E-state index is 0.321. The van der Waals surface area contributed by atoms with Gasteiger partial charge in [0, 0.05) is 0 Å². The second-order valence-corrected chi connectivity index (χ2v) is 4.35. The molecule has 0 N–H and O–H groups in total. The van der Waals surface area contributed by atoms with Crippen molar-refractivity contribution in [2.75, 3.05) is 0 Å². The summed E-state index contributed by atoms with van der Waals surface area (Å²) in [4.78, 5) is 4.34. The van der Waals surface area contributed by atoms with Crippen LogP contribution in [-0.4, -0.2) is 4.98 Å². The lowest BCUT2D eigenvalue weighted by Gasteiger charge is -1.98. The van der Waals surface area contributed by atoms with E-state index in [1.54, 1.807) is 18.2 Å². The summed E-state index contributed by atoms with van der Waals surface area (Å²) >= 11 is 0. The van der Waals surface area contributed by atoms with Crippen LogP contribution in [0.1, 0.15) is 11.1 Å². The summed E-state index contributed by atoms with van der Waals surface area (Å²) in [6, 6.07) is 10.4. The third-order valence-corrected chi connectivity index (χ3v) is 3.18. The van der Waals surface area contributed by atoms with Crippen molar-refractivity contribution in [3.63, 3.8) is 0 Å². The first-order valence-electron chi connectivity index (χ1n) is 5.78. The van der Waals surface area contributed by atoms with Crippen LogP contribution in [0.3, 0.4) is 0 Å². The first-order chi connectivity index (χ1) is 8.66. The van der Waals surface area contributed by atoms with Crippen LogP contribution >= 0.6 is 0 Å². The van der Waals surface area contributed by atoms with Crippen LogP contribution in [0.15, 0.2) is 40.8 Å². The van der Waals surface area contributed by atoms with Crippen molar-refractivity contribution in [3.05, 3.63) is 53.3 Å². The minimum Gasteiger partial charge on any atom is -0.436 e. The van der Waals surface area contributed by atoms with Gasteiger partial charge in [-0.05, 0) is 43.2 Å². The highest BCUT2D eigenvalue weighted by molar-refractivity contribution is 5.80. The average molecular weight is 241 g/mol. The Hall–Kier alpha value is -2.16. The zero-order valence-electron chi connectivity index (χ0n) is 10.2. The predicted molar refractivity (Wildman–Crippen MR) is 68.9 cm³/mol. The molecule has 0 aliphatic heterocycles. The first kappa shape index (κ1) is 11.0. The molecule has 0 spiro atoms. The molecule has 2 nitrogen and oxygen atoms in total. The Balaban J connectivity index is 2.26. The van der Waals surface area contributed by atoms with Gasteiger partial charge in [0.05, 0.1) is 5.56 Å². The van der Waals surface area contributed by atoms with E-state index < -0.39 is 0 Å². The van der Waals surface area contributed by atoms with Crippen molar-refractivity contribution in [1.82, 2.24) is 4.98 Å². The van der Waals surface area contributed by atoms with E-state index in [0.29, 0.717) is 11.5 Å². The molecule has 0 saturated heterocycles. The topological polar surface area (TPSA) is 26.0 Å². The van der Waals surface area contributed by atoms with Crippen molar-refractivity contribution in [2.24, 2.45) is 0 Å². The van der Waals surface area contributed by atoms with Crippen molar-refractivity contribution in [2.45, 2.75) is 13.8 Å². The van der Waals surface area contributed by atoms with Crippen molar-refractivity contribution in [1.29, 1.82) is 0 Å². The quantitative estimate of drug-likeness (QED) is 0.636. The van der Waals surface area contributed by atoms with Gasteiger partial charge in [-0.15, -0.1) is 0 Å². The van der Waals surface area contributed by atoms with Crippen LogP contribution in [0.25, 0.3) is 22.6 Å². The summed E-state index contributed by atoms with van der Waals surface area (Å²) in [5, 5.41) is 0. The van der Waals surface area contributed by atoms with E-state index in [2.05, 4.69) is 4.98 Å². The Morgan fingerprint density at radius 1 is 1.06 bits per heavy atom. The lowest BCUT2D eigenvalue weighted by molar-refractivity contribution is 0.592. The van der Waals surface area contributed by atoms with Gasteiger partial charge >= 0.3 is 0 Å². The van der Waals surface area contributed by atoms with Gasteiger partial charge in [0.1, 0.15) is 11.3 Å². The van der Waals surface area contributed by atoms with Gasteiger partial charge in [-0.3, -0.25) is 0 Å². The lowest BCUT2D eigenvalue weighted by atomic mass is 10.1. The molecular formula is C15H12FNO. The lowest BCUT2D eigenvalue weighted by Crippen LogP contribution is -1.82. The molecule has 0 amide bonds. The molecule has 2 aromatic carbocycles. The maximum absolute atomic E-state index is 13.7. The molecule has 90 valence electrons. The van der Waals surface area contributed by atoms with Gasteiger partial charge < -0.3 is 4.42 Å². The molecule has 0 saturated carbocycles. The second kappa shape index (κ2) is 3.95. The van der Waals surface area contributed by atoms with Crippen LogP contribution in [0.4, 0.5) is 4.39 Å². The van der Waals surface area contributed by atoms with Gasteiger partial charge in [-0.25, -0.2) is 9.37 Å². The molecule has 3 heteroatoms. The van der Waals surface area contributed by atoms with Gasteiger partial charge in [-0.2, -0.15) is 0 Å². The molecule has 0 radical (unpaired) electrons. The van der Waals surface area contributed by atoms with Gasteiger partial charge in [0.15, 0.2) is 5.58 Å². The Labute approximate surface area is 104 Å². The highest BCUT2D eigenvalue weighted by atomic mass is 19.1. The molecule has 3 aromatic rings. The summed E-state index contributed by atoms with van der Waals surface area (Å²) in [6.45, 7) is 3.99. The number of halogens is 1. The van der Waals surface area contributed by atoms with Gasteiger partial charge in [0.2, 0.25) is 5.89 Å². The number of rotatable bonds is 1. The molecule has 18 heavy (non-hydrogen) atoms. The maximum atomic E-state index is 13.7. The SMILES string of the molecule is Cc1ccc2nc(-c3ccccc3F)oc2c1C. The van der Waals surface area contributed by atoms with Crippen molar-refractivity contribution < 1.29 is 8.81 Å². The number of oxazole rings is 1. The average Bonchev–Trinajstić information content (AvgIpc) is 2.79. The molecule has 3 rings (SSSR count). The predicted octanol–water partition coefficient (Wildman–Crippen LogP) is 4.25. The molecule has 0 unspecified atom stereocenters. The highest BCUT2D eigenvalue weighted by Gasteiger charge is 2.13. The molecule has 1 aromatic heterocycles. The van der Waals surface area contributed by atoms with E-state index in [0.717, 1.165) is 22.2 Å². The standard InChI is InChI=1S/C15H12FNO/c1-9-7-8-13-14(10(9)2)18-15(17-13)11-5-3-4-6-12(11)16/h3-8H,1-2H3. The van der Waals surface area contributed by atoms with Gasteiger partial charge in [0.25, 0.3) is 0 Å². The fourth-order valence-corrected chi connectivity index (χ4v) is 1.97. The van der Waals surface area contributed by atoms with Crippen molar-refractivity contribution in [3.8, 4) is 11.5 Å². The number of fused-ring (bicyclic) bond motifs is 1. The normalized spacial score (nSPS) is 11.1. The number of hydrogen-bond donors (Lipinski definition) is 0. The molecule has 0 atom stereocenters. The molecule has 0 aliphatic rings. The molecular weight excluding hydrogens is 229 g/mol. The number of aryl methyl sites for hydroxylation is 2. The Kier molecular flexibility index (Phi) is 2.40. The van der Waals surface area contributed by atoms with Crippen LogP contribution in [0.5, 0.6) is 0 Å². The zero-order chi connectivity index (χ0) is 12.7. The summed E-state index contributed by atoms with van der Waals surface area (Å²) in [6.07, 6.45) is 0. The molecule has 0 fully saturated rings. The largest absolute Gasteiger partial charge is 0.436 e. The third kappa shape index (κ3) is 1.59. The van der Waals surface area contributed by atoms with Crippen molar-refractivity contribution >= 4 is 11.1 Å². The molecule has 1 heterocycles. The smallest absolute Gasteiger partial charge is 0.230 e. The minimum atomic E-state index is -0.321. The third-order valence-electron chi connectivity index (χ3n) is 3.18. The Bertz CT molecular complexity index is 730. The van der Waals surface area contributed by atoms with E-state index in [9.17, 15) is 4.39 Å². The number of hydrogen-bond acceptors (Lipinski definition) is 2. The highest BCUT2D eigenvalue weighted by Crippen LogP contribution is 2.28. The second-order valence-electron chi connectivity index (χ2n) is 4.35. The fourth-order valence-electron chi connectivity index (χ4n) is 1.97. The summed E-state index contributed by atoms with van der Waals surface area (Å²) in [5.41, 5.74) is 4.07. The van der Waals surface area contributed by atoms with Crippen LogP contribution < -0.4 is 0 Å².